The van der Waals surface area contributed by atoms with E-state index < -0.39 is 15.9 Å². The molecular formula is C17H13ClN2O3S2. The fourth-order valence-electron chi connectivity index (χ4n) is 2.12. The van der Waals surface area contributed by atoms with Gasteiger partial charge in [-0.05, 0) is 35.7 Å². The number of thiophene rings is 1. The van der Waals surface area contributed by atoms with Crippen LogP contribution in [0.4, 0.5) is 11.4 Å². The lowest BCUT2D eigenvalue weighted by molar-refractivity contribution is 0.101. The summed E-state index contributed by atoms with van der Waals surface area (Å²) in [5, 5.41) is 1.63. The Morgan fingerprint density at radius 1 is 0.960 bits per heavy atom. The van der Waals surface area contributed by atoms with E-state index in [-0.39, 0.29) is 15.5 Å². The zero-order valence-electron chi connectivity index (χ0n) is 12.8. The average Bonchev–Trinajstić information content (AvgIpc) is 3.09. The van der Waals surface area contributed by atoms with Gasteiger partial charge in [-0.3, -0.25) is 9.52 Å². The van der Waals surface area contributed by atoms with Crippen molar-refractivity contribution in [3.63, 3.8) is 0 Å². The molecule has 0 aliphatic carbocycles. The van der Waals surface area contributed by atoms with Gasteiger partial charge in [0, 0.05) is 11.8 Å². The lowest BCUT2D eigenvalue weighted by Gasteiger charge is -2.14. The molecule has 0 atom stereocenters. The molecule has 0 radical (unpaired) electrons. The van der Waals surface area contributed by atoms with Crippen molar-refractivity contribution in [3.05, 3.63) is 77.0 Å². The number of amides is 1. The molecule has 0 saturated heterocycles. The SMILES string of the molecule is O=C(c1sccc1NS(=O)(=O)c1ccccc1)N(Cl)c1ccccc1. The molecular weight excluding hydrogens is 380 g/mol. The molecule has 1 amide bonds. The molecule has 1 heterocycles. The number of hydrogen-bond donors (Lipinski definition) is 1. The third-order valence-electron chi connectivity index (χ3n) is 3.32. The number of anilines is 2. The minimum Gasteiger partial charge on any atom is -0.278 e. The molecule has 3 rings (SSSR count). The highest BCUT2D eigenvalue weighted by molar-refractivity contribution is 7.92. The predicted octanol–water partition coefficient (Wildman–Crippen LogP) is 4.35. The molecule has 5 nitrogen and oxygen atoms in total. The number of para-hydroxylation sites is 1. The van der Waals surface area contributed by atoms with Crippen LogP contribution in [0.5, 0.6) is 0 Å². The standard InChI is InChI=1S/C17H13ClN2O3S2/c18-20(13-7-3-1-4-8-13)17(21)16-15(11-12-24-16)19-25(22,23)14-9-5-2-6-10-14/h1-12,19H. The van der Waals surface area contributed by atoms with Crippen LogP contribution in [0, 0.1) is 0 Å². The van der Waals surface area contributed by atoms with Crippen molar-refractivity contribution in [1.82, 2.24) is 0 Å². The lowest BCUT2D eigenvalue weighted by atomic mass is 10.3. The van der Waals surface area contributed by atoms with Crippen molar-refractivity contribution in [2.75, 3.05) is 9.14 Å². The van der Waals surface area contributed by atoms with Crippen molar-refractivity contribution in [3.8, 4) is 0 Å². The smallest absolute Gasteiger partial charge is 0.278 e. The summed E-state index contributed by atoms with van der Waals surface area (Å²) in [5.41, 5.74) is 0.694. The Morgan fingerprint density at radius 3 is 2.20 bits per heavy atom. The van der Waals surface area contributed by atoms with Gasteiger partial charge in [0.25, 0.3) is 15.9 Å². The van der Waals surface area contributed by atoms with Crippen LogP contribution in [0.1, 0.15) is 9.67 Å². The Kier molecular flexibility index (Phi) is 5.08. The molecule has 8 heteroatoms. The molecule has 0 saturated carbocycles. The highest BCUT2D eigenvalue weighted by atomic mass is 35.5. The second-order valence-electron chi connectivity index (χ2n) is 5.00. The first-order valence-corrected chi connectivity index (χ1v) is 9.90. The van der Waals surface area contributed by atoms with Crippen molar-refractivity contribution in [2.45, 2.75) is 4.90 Å². The Bertz CT molecular complexity index is 973. The summed E-state index contributed by atoms with van der Waals surface area (Å²) < 4.78 is 28.3. The van der Waals surface area contributed by atoms with Crippen LogP contribution < -0.4 is 9.14 Å². The van der Waals surface area contributed by atoms with Gasteiger partial charge in [0.1, 0.15) is 4.88 Å². The third-order valence-corrected chi connectivity index (χ3v) is 5.95. The lowest BCUT2D eigenvalue weighted by Crippen LogP contribution is -2.22. The number of carbonyl (C=O) groups is 1. The van der Waals surface area contributed by atoms with Crippen molar-refractivity contribution < 1.29 is 13.2 Å². The van der Waals surface area contributed by atoms with E-state index in [2.05, 4.69) is 4.72 Å². The molecule has 0 aliphatic rings. The van der Waals surface area contributed by atoms with Gasteiger partial charge in [-0.1, -0.05) is 36.4 Å². The number of benzene rings is 2. The second kappa shape index (κ2) is 7.26. The quantitative estimate of drug-likeness (QED) is 0.656. The maximum atomic E-state index is 12.6. The number of nitrogens with zero attached hydrogens (tertiary/aromatic N) is 1. The molecule has 0 unspecified atom stereocenters. The van der Waals surface area contributed by atoms with E-state index in [9.17, 15) is 13.2 Å². The summed E-state index contributed by atoms with van der Waals surface area (Å²) in [6.07, 6.45) is 0. The molecule has 0 spiro atoms. The van der Waals surface area contributed by atoms with Crippen LogP contribution in [-0.4, -0.2) is 14.3 Å². The third kappa shape index (κ3) is 3.84. The van der Waals surface area contributed by atoms with Gasteiger partial charge in [0.2, 0.25) is 0 Å². The van der Waals surface area contributed by atoms with E-state index in [4.69, 9.17) is 11.8 Å². The average molecular weight is 393 g/mol. The van der Waals surface area contributed by atoms with E-state index in [1.807, 2.05) is 6.07 Å². The number of halogens is 1. The topological polar surface area (TPSA) is 66.5 Å². The Labute approximate surface area is 154 Å². The van der Waals surface area contributed by atoms with E-state index in [1.54, 1.807) is 47.8 Å². The summed E-state index contributed by atoms with van der Waals surface area (Å²) in [6.45, 7) is 0. The molecule has 0 aliphatic heterocycles. The van der Waals surface area contributed by atoms with Gasteiger partial charge in [0.05, 0.1) is 16.3 Å². The maximum Gasteiger partial charge on any atom is 0.285 e. The first kappa shape index (κ1) is 17.5. The van der Waals surface area contributed by atoms with Crippen LogP contribution in [0.2, 0.25) is 0 Å². The van der Waals surface area contributed by atoms with E-state index in [0.717, 1.165) is 15.8 Å². The highest BCUT2D eigenvalue weighted by Crippen LogP contribution is 2.29. The minimum absolute atomic E-state index is 0.116. The Morgan fingerprint density at radius 2 is 1.56 bits per heavy atom. The Hall–Kier alpha value is -2.35. The number of hydrogen-bond acceptors (Lipinski definition) is 4. The minimum atomic E-state index is -3.79. The highest BCUT2D eigenvalue weighted by Gasteiger charge is 2.23. The van der Waals surface area contributed by atoms with E-state index in [0.29, 0.717) is 5.69 Å². The van der Waals surface area contributed by atoms with Crippen molar-refractivity contribution in [2.24, 2.45) is 0 Å². The molecule has 0 fully saturated rings. The van der Waals surface area contributed by atoms with Crippen molar-refractivity contribution in [1.29, 1.82) is 0 Å². The summed E-state index contributed by atoms with van der Waals surface area (Å²) in [5.74, 6) is -0.506. The number of carbonyl (C=O) groups excluding carboxylic acids is 1. The van der Waals surface area contributed by atoms with Gasteiger partial charge >= 0.3 is 0 Å². The van der Waals surface area contributed by atoms with Gasteiger partial charge in [-0.25, -0.2) is 12.8 Å². The second-order valence-corrected chi connectivity index (χ2v) is 7.94. The van der Waals surface area contributed by atoms with Crippen LogP contribution in [0.3, 0.4) is 0 Å². The molecule has 3 aromatic rings. The summed E-state index contributed by atoms with van der Waals surface area (Å²) in [6, 6.07) is 18.2. The van der Waals surface area contributed by atoms with Crippen LogP contribution in [-0.2, 0) is 10.0 Å². The molecule has 2 aromatic carbocycles. The van der Waals surface area contributed by atoms with Crippen LogP contribution in [0.15, 0.2) is 77.0 Å². The van der Waals surface area contributed by atoms with Crippen LogP contribution in [0.25, 0.3) is 0 Å². The predicted molar refractivity (Wildman–Crippen MR) is 101 cm³/mol. The van der Waals surface area contributed by atoms with Crippen molar-refractivity contribution >= 4 is 50.4 Å². The van der Waals surface area contributed by atoms with Gasteiger partial charge in [-0.2, -0.15) is 0 Å². The molecule has 25 heavy (non-hydrogen) atoms. The molecule has 128 valence electrons. The summed E-state index contributed by atoms with van der Waals surface area (Å²) in [7, 11) is -3.79. The molecule has 0 bridgehead atoms. The normalized spacial score (nSPS) is 11.1. The van der Waals surface area contributed by atoms with Gasteiger partial charge < -0.3 is 0 Å². The number of nitrogens with one attached hydrogen (secondary N) is 1. The fourth-order valence-corrected chi connectivity index (χ4v) is 4.31. The monoisotopic (exact) mass is 392 g/mol. The van der Waals surface area contributed by atoms with Gasteiger partial charge in [-0.15, -0.1) is 11.3 Å². The largest absolute Gasteiger partial charge is 0.285 e. The molecule has 1 aromatic heterocycles. The van der Waals surface area contributed by atoms with E-state index >= 15 is 0 Å². The maximum absolute atomic E-state index is 12.6. The zero-order valence-corrected chi connectivity index (χ0v) is 15.2. The zero-order chi connectivity index (χ0) is 17.9. The van der Waals surface area contributed by atoms with Crippen LogP contribution >= 0.6 is 23.1 Å². The first-order chi connectivity index (χ1) is 12.0. The fraction of sp³-hybridized carbons (Fsp3) is 0. The first-order valence-electron chi connectivity index (χ1n) is 7.20. The van der Waals surface area contributed by atoms with Gasteiger partial charge in [0.15, 0.2) is 0 Å². The summed E-state index contributed by atoms with van der Waals surface area (Å²) >= 11 is 7.24. The number of sulfonamides is 1. The summed E-state index contributed by atoms with van der Waals surface area (Å²) in [4.78, 5) is 12.9. The number of rotatable bonds is 5. The Balaban J connectivity index is 1.87. The molecule has 1 N–H and O–H groups in total. The van der Waals surface area contributed by atoms with E-state index in [1.165, 1.54) is 18.2 Å².